The minimum atomic E-state index is 0.878. The molecule has 18 heavy (non-hydrogen) atoms. The number of hydrogen-bond acceptors (Lipinski definition) is 2. The van der Waals surface area contributed by atoms with Crippen LogP contribution in [0.5, 0.6) is 0 Å². The topological polar surface area (TPSA) is 15.3 Å². The third kappa shape index (κ3) is 6.75. The standard InChI is InChI=1S/C16H34N2/c1-4-17-13-7-5-6-8-14-18(3)16-11-9-15(2)10-12-16/h15-17H,4-14H2,1-3H3. The van der Waals surface area contributed by atoms with Crippen LogP contribution in [0, 0.1) is 5.92 Å². The molecular formula is C16H34N2. The number of nitrogens with zero attached hydrogens (tertiary/aromatic N) is 1. The third-order valence-corrected chi connectivity index (χ3v) is 4.47. The Kier molecular flexibility index (Phi) is 8.70. The molecule has 0 saturated heterocycles. The van der Waals surface area contributed by atoms with Crippen molar-refractivity contribution in [3.63, 3.8) is 0 Å². The van der Waals surface area contributed by atoms with E-state index in [0.717, 1.165) is 18.5 Å². The van der Waals surface area contributed by atoms with Gasteiger partial charge in [0.25, 0.3) is 0 Å². The Morgan fingerprint density at radius 2 is 1.67 bits per heavy atom. The van der Waals surface area contributed by atoms with Gasteiger partial charge in [-0.3, -0.25) is 0 Å². The first kappa shape index (κ1) is 16.0. The Morgan fingerprint density at radius 1 is 1.00 bits per heavy atom. The molecule has 0 atom stereocenters. The zero-order valence-corrected chi connectivity index (χ0v) is 12.9. The normalized spacial score (nSPS) is 24.7. The summed E-state index contributed by atoms with van der Waals surface area (Å²) in [4.78, 5) is 2.62. The Hall–Kier alpha value is -0.0800. The van der Waals surface area contributed by atoms with Crippen LogP contribution in [0.25, 0.3) is 0 Å². The molecule has 0 unspecified atom stereocenters. The Morgan fingerprint density at radius 3 is 2.33 bits per heavy atom. The van der Waals surface area contributed by atoms with Crippen LogP contribution in [0.1, 0.15) is 65.2 Å². The lowest BCUT2D eigenvalue weighted by molar-refractivity contribution is 0.167. The molecule has 108 valence electrons. The van der Waals surface area contributed by atoms with Gasteiger partial charge in [0, 0.05) is 6.04 Å². The smallest absolute Gasteiger partial charge is 0.00924 e. The third-order valence-electron chi connectivity index (χ3n) is 4.47. The highest BCUT2D eigenvalue weighted by atomic mass is 15.1. The van der Waals surface area contributed by atoms with Gasteiger partial charge in [-0.05, 0) is 71.1 Å². The first-order valence-corrected chi connectivity index (χ1v) is 8.15. The number of rotatable bonds is 9. The SMILES string of the molecule is CCNCCCCCCN(C)C1CCC(C)CC1. The van der Waals surface area contributed by atoms with E-state index in [4.69, 9.17) is 0 Å². The molecule has 0 amide bonds. The van der Waals surface area contributed by atoms with Crippen LogP contribution in [0.2, 0.25) is 0 Å². The van der Waals surface area contributed by atoms with E-state index in [9.17, 15) is 0 Å². The molecule has 0 heterocycles. The average molecular weight is 254 g/mol. The monoisotopic (exact) mass is 254 g/mol. The molecule has 2 nitrogen and oxygen atoms in total. The van der Waals surface area contributed by atoms with E-state index in [2.05, 4.69) is 31.1 Å². The highest BCUT2D eigenvalue weighted by Crippen LogP contribution is 2.26. The molecule has 0 bridgehead atoms. The predicted molar refractivity (Wildman–Crippen MR) is 81.1 cm³/mol. The van der Waals surface area contributed by atoms with E-state index < -0.39 is 0 Å². The summed E-state index contributed by atoms with van der Waals surface area (Å²) in [5, 5.41) is 3.39. The first-order chi connectivity index (χ1) is 8.74. The molecule has 0 aliphatic heterocycles. The molecule has 0 aromatic carbocycles. The molecule has 1 aliphatic carbocycles. The van der Waals surface area contributed by atoms with Gasteiger partial charge in [-0.1, -0.05) is 26.7 Å². The molecule has 1 saturated carbocycles. The van der Waals surface area contributed by atoms with Crippen LogP contribution in [0.15, 0.2) is 0 Å². The van der Waals surface area contributed by atoms with E-state index in [1.165, 1.54) is 64.5 Å². The maximum absolute atomic E-state index is 3.39. The molecule has 1 rings (SSSR count). The van der Waals surface area contributed by atoms with Crippen molar-refractivity contribution in [1.29, 1.82) is 0 Å². The van der Waals surface area contributed by atoms with Crippen molar-refractivity contribution in [3.8, 4) is 0 Å². The molecule has 1 fully saturated rings. The van der Waals surface area contributed by atoms with Crippen LogP contribution in [-0.2, 0) is 0 Å². The minimum absolute atomic E-state index is 0.878. The Bertz CT molecular complexity index is 186. The van der Waals surface area contributed by atoms with Crippen molar-refractivity contribution in [2.45, 2.75) is 71.3 Å². The van der Waals surface area contributed by atoms with E-state index in [-0.39, 0.29) is 0 Å². The average Bonchev–Trinajstić information content (AvgIpc) is 2.38. The summed E-state index contributed by atoms with van der Waals surface area (Å²) in [6.45, 7) is 8.20. The molecule has 0 radical (unpaired) electrons. The van der Waals surface area contributed by atoms with E-state index >= 15 is 0 Å². The van der Waals surface area contributed by atoms with Crippen molar-refractivity contribution in [1.82, 2.24) is 10.2 Å². The van der Waals surface area contributed by atoms with Gasteiger partial charge < -0.3 is 10.2 Å². The Balaban J connectivity index is 1.95. The molecule has 0 aromatic heterocycles. The second kappa shape index (κ2) is 9.80. The maximum Gasteiger partial charge on any atom is 0.00924 e. The summed E-state index contributed by atoms with van der Waals surface area (Å²) in [6.07, 6.45) is 11.3. The fourth-order valence-corrected chi connectivity index (χ4v) is 3.01. The molecule has 0 spiro atoms. The van der Waals surface area contributed by atoms with Gasteiger partial charge in [0.2, 0.25) is 0 Å². The van der Waals surface area contributed by atoms with Crippen molar-refractivity contribution >= 4 is 0 Å². The van der Waals surface area contributed by atoms with Gasteiger partial charge in [0.15, 0.2) is 0 Å². The molecule has 1 aliphatic rings. The van der Waals surface area contributed by atoms with Crippen molar-refractivity contribution in [2.24, 2.45) is 5.92 Å². The van der Waals surface area contributed by atoms with E-state index in [0.29, 0.717) is 0 Å². The summed E-state index contributed by atoms with van der Waals surface area (Å²) >= 11 is 0. The second-order valence-electron chi connectivity index (χ2n) is 6.16. The number of nitrogens with one attached hydrogen (secondary N) is 1. The van der Waals surface area contributed by atoms with Crippen LogP contribution in [-0.4, -0.2) is 37.6 Å². The van der Waals surface area contributed by atoms with Gasteiger partial charge >= 0.3 is 0 Å². The maximum atomic E-state index is 3.39. The lowest BCUT2D eigenvalue weighted by Gasteiger charge is -2.33. The van der Waals surface area contributed by atoms with Gasteiger partial charge in [-0.2, -0.15) is 0 Å². The molecule has 2 heteroatoms. The molecular weight excluding hydrogens is 220 g/mol. The van der Waals surface area contributed by atoms with Crippen molar-refractivity contribution in [2.75, 3.05) is 26.7 Å². The zero-order valence-electron chi connectivity index (χ0n) is 12.9. The predicted octanol–water partition coefficient (Wildman–Crippen LogP) is 3.67. The molecule has 0 aromatic rings. The fraction of sp³-hybridized carbons (Fsp3) is 1.00. The van der Waals surface area contributed by atoms with Gasteiger partial charge in [0.05, 0.1) is 0 Å². The number of unbranched alkanes of at least 4 members (excludes halogenated alkanes) is 3. The van der Waals surface area contributed by atoms with Gasteiger partial charge in [0.1, 0.15) is 0 Å². The highest BCUT2D eigenvalue weighted by molar-refractivity contribution is 4.76. The Labute approximate surface area is 115 Å². The van der Waals surface area contributed by atoms with Gasteiger partial charge in [-0.25, -0.2) is 0 Å². The van der Waals surface area contributed by atoms with Crippen molar-refractivity contribution < 1.29 is 0 Å². The minimum Gasteiger partial charge on any atom is -0.317 e. The summed E-state index contributed by atoms with van der Waals surface area (Å²) in [5.41, 5.74) is 0. The summed E-state index contributed by atoms with van der Waals surface area (Å²) in [7, 11) is 2.33. The van der Waals surface area contributed by atoms with Crippen molar-refractivity contribution in [3.05, 3.63) is 0 Å². The lowest BCUT2D eigenvalue weighted by Crippen LogP contribution is -2.35. The number of hydrogen-bond donors (Lipinski definition) is 1. The van der Waals surface area contributed by atoms with Crippen LogP contribution in [0.3, 0.4) is 0 Å². The second-order valence-corrected chi connectivity index (χ2v) is 6.16. The highest BCUT2D eigenvalue weighted by Gasteiger charge is 2.20. The quantitative estimate of drug-likeness (QED) is 0.632. The zero-order chi connectivity index (χ0) is 13.2. The fourth-order valence-electron chi connectivity index (χ4n) is 3.01. The molecule has 1 N–H and O–H groups in total. The van der Waals surface area contributed by atoms with E-state index in [1.807, 2.05) is 0 Å². The largest absolute Gasteiger partial charge is 0.317 e. The summed E-state index contributed by atoms with van der Waals surface area (Å²) in [6, 6.07) is 0.878. The van der Waals surface area contributed by atoms with Gasteiger partial charge in [-0.15, -0.1) is 0 Å². The van der Waals surface area contributed by atoms with Crippen LogP contribution >= 0.6 is 0 Å². The summed E-state index contributed by atoms with van der Waals surface area (Å²) < 4.78 is 0. The van der Waals surface area contributed by atoms with Crippen LogP contribution in [0.4, 0.5) is 0 Å². The first-order valence-electron chi connectivity index (χ1n) is 8.15. The summed E-state index contributed by atoms with van der Waals surface area (Å²) in [5.74, 6) is 0.973. The lowest BCUT2D eigenvalue weighted by atomic mass is 9.87. The van der Waals surface area contributed by atoms with Crippen LogP contribution < -0.4 is 5.32 Å². The van der Waals surface area contributed by atoms with E-state index in [1.54, 1.807) is 0 Å².